The Morgan fingerprint density at radius 2 is 1.97 bits per heavy atom. The minimum absolute atomic E-state index is 0.00232. The maximum absolute atomic E-state index is 12.3. The Balaban J connectivity index is 1.67. The van der Waals surface area contributed by atoms with Gasteiger partial charge in [-0.2, -0.15) is 5.10 Å². The van der Waals surface area contributed by atoms with Gasteiger partial charge in [-0.05, 0) is 46.3 Å². The number of para-hydroxylation sites is 1. The summed E-state index contributed by atoms with van der Waals surface area (Å²) in [6.45, 7) is 0. The Morgan fingerprint density at radius 3 is 2.66 bits per heavy atom. The average Bonchev–Trinajstić information content (AvgIpc) is 3.44. The SMILES string of the molecule is COc1ccc([C@@H]2Oc3ccccc3[C@@H]3CC(c4ccc(Br)s4)=NN32)c(C(=O)O)c1OC. The molecular formula is C23H19BrN2O5S. The Labute approximate surface area is 197 Å². The third-order valence-electron chi connectivity index (χ3n) is 5.61. The van der Waals surface area contributed by atoms with Crippen LogP contribution in [0, 0.1) is 0 Å². The van der Waals surface area contributed by atoms with Crippen LogP contribution in [0.15, 0.2) is 57.4 Å². The van der Waals surface area contributed by atoms with Crippen molar-refractivity contribution in [2.45, 2.75) is 18.7 Å². The quantitative estimate of drug-likeness (QED) is 0.486. The third-order valence-corrected chi connectivity index (χ3v) is 7.29. The van der Waals surface area contributed by atoms with Crippen molar-refractivity contribution in [2.24, 2.45) is 5.10 Å². The summed E-state index contributed by atoms with van der Waals surface area (Å²) < 4.78 is 18.1. The van der Waals surface area contributed by atoms with Crippen molar-refractivity contribution in [3.63, 3.8) is 0 Å². The number of benzene rings is 2. The molecule has 1 aromatic heterocycles. The van der Waals surface area contributed by atoms with Crippen LogP contribution in [-0.2, 0) is 0 Å². The number of carboxylic acids is 1. The highest BCUT2D eigenvalue weighted by atomic mass is 79.9. The zero-order valence-electron chi connectivity index (χ0n) is 17.2. The number of rotatable bonds is 5. The largest absolute Gasteiger partial charge is 0.493 e. The lowest BCUT2D eigenvalue weighted by molar-refractivity contribution is -0.0199. The highest BCUT2D eigenvalue weighted by Crippen LogP contribution is 2.49. The maximum Gasteiger partial charge on any atom is 0.340 e. The molecule has 9 heteroatoms. The molecule has 0 spiro atoms. The highest BCUT2D eigenvalue weighted by molar-refractivity contribution is 9.11. The Kier molecular flexibility index (Phi) is 5.30. The molecule has 2 aliphatic rings. The number of fused-ring (bicyclic) bond motifs is 3. The van der Waals surface area contributed by atoms with Crippen LogP contribution < -0.4 is 14.2 Å². The number of carboxylic acid groups (broad SMARTS) is 1. The van der Waals surface area contributed by atoms with E-state index < -0.39 is 12.2 Å². The zero-order chi connectivity index (χ0) is 22.4. The average molecular weight is 515 g/mol. The number of methoxy groups -OCH3 is 2. The molecule has 0 aliphatic carbocycles. The van der Waals surface area contributed by atoms with Crippen molar-refractivity contribution in [1.82, 2.24) is 5.01 Å². The van der Waals surface area contributed by atoms with Crippen molar-refractivity contribution in [1.29, 1.82) is 0 Å². The number of carbonyl (C=O) groups is 1. The molecule has 0 saturated carbocycles. The second-order valence-corrected chi connectivity index (χ2v) is 9.79. The minimum atomic E-state index is -1.12. The van der Waals surface area contributed by atoms with E-state index in [2.05, 4.69) is 15.9 Å². The summed E-state index contributed by atoms with van der Waals surface area (Å²) in [5.74, 6) is 0.0894. The van der Waals surface area contributed by atoms with E-state index in [4.69, 9.17) is 19.3 Å². The van der Waals surface area contributed by atoms with Crippen LogP contribution in [0.3, 0.4) is 0 Å². The molecule has 0 amide bonds. The number of hydrogen-bond donors (Lipinski definition) is 1. The van der Waals surface area contributed by atoms with Crippen LogP contribution in [0.2, 0.25) is 0 Å². The first-order valence-electron chi connectivity index (χ1n) is 9.87. The van der Waals surface area contributed by atoms with Gasteiger partial charge in [0.1, 0.15) is 11.3 Å². The van der Waals surface area contributed by atoms with E-state index in [9.17, 15) is 9.90 Å². The second-order valence-electron chi connectivity index (χ2n) is 7.33. The monoisotopic (exact) mass is 514 g/mol. The summed E-state index contributed by atoms with van der Waals surface area (Å²) in [4.78, 5) is 13.4. The standard InChI is InChI=1S/C23H19BrN2O5S/c1-29-17-8-7-13(20(23(27)28)21(17)30-2)22-26-15(12-5-3-4-6-16(12)31-22)11-14(25-26)18-9-10-19(24)32-18/h3-10,15,22H,11H2,1-2H3,(H,27,28)/t15-,22-/m0/s1. The molecule has 2 atom stereocenters. The third kappa shape index (κ3) is 3.32. The van der Waals surface area contributed by atoms with Crippen molar-refractivity contribution < 1.29 is 24.1 Å². The molecule has 0 bridgehead atoms. The van der Waals surface area contributed by atoms with E-state index in [1.807, 2.05) is 41.4 Å². The molecule has 5 rings (SSSR count). The number of thiophene rings is 1. The fraction of sp³-hybridized carbons (Fsp3) is 0.217. The Hall–Kier alpha value is -3.04. The molecular weight excluding hydrogens is 496 g/mol. The molecule has 32 heavy (non-hydrogen) atoms. The smallest absolute Gasteiger partial charge is 0.340 e. The molecule has 0 fully saturated rings. The van der Waals surface area contributed by atoms with Crippen LogP contribution in [0.5, 0.6) is 17.2 Å². The summed E-state index contributed by atoms with van der Waals surface area (Å²) in [6, 6.07) is 15.2. The lowest BCUT2D eigenvalue weighted by Crippen LogP contribution is -2.34. The van der Waals surface area contributed by atoms with Crippen LogP contribution >= 0.6 is 27.3 Å². The first-order valence-corrected chi connectivity index (χ1v) is 11.5. The molecule has 7 nitrogen and oxygen atoms in total. The minimum Gasteiger partial charge on any atom is -0.493 e. The molecule has 3 aromatic rings. The van der Waals surface area contributed by atoms with Crippen molar-refractivity contribution in [2.75, 3.05) is 14.2 Å². The molecule has 164 valence electrons. The predicted molar refractivity (Wildman–Crippen MR) is 124 cm³/mol. The normalized spacial score (nSPS) is 19.0. The summed E-state index contributed by atoms with van der Waals surface area (Å²) >= 11 is 5.14. The summed E-state index contributed by atoms with van der Waals surface area (Å²) in [5.41, 5.74) is 2.41. The summed E-state index contributed by atoms with van der Waals surface area (Å²) in [5, 5.41) is 16.8. The van der Waals surface area contributed by atoms with Crippen LogP contribution in [0.4, 0.5) is 0 Å². The molecule has 3 heterocycles. The van der Waals surface area contributed by atoms with Crippen molar-refractivity contribution in [3.8, 4) is 17.2 Å². The number of nitrogens with zero attached hydrogens (tertiary/aromatic N) is 2. The predicted octanol–water partition coefficient (Wildman–Crippen LogP) is 5.47. The first kappa shape index (κ1) is 20.8. The molecule has 0 unspecified atom stereocenters. The number of hydrazone groups is 1. The van der Waals surface area contributed by atoms with E-state index in [0.29, 0.717) is 23.5 Å². The van der Waals surface area contributed by atoms with E-state index in [1.165, 1.54) is 14.2 Å². The van der Waals surface area contributed by atoms with Gasteiger partial charge in [-0.25, -0.2) is 9.80 Å². The second kappa shape index (κ2) is 8.14. The van der Waals surface area contributed by atoms with Gasteiger partial charge in [0, 0.05) is 17.5 Å². The fourth-order valence-electron chi connectivity index (χ4n) is 4.23. The Bertz CT molecular complexity index is 1240. The van der Waals surface area contributed by atoms with Crippen LogP contribution in [-0.4, -0.2) is 36.0 Å². The van der Waals surface area contributed by atoms with Gasteiger partial charge in [-0.15, -0.1) is 11.3 Å². The Morgan fingerprint density at radius 1 is 1.16 bits per heavy atom. The number of aromatic carboxylic acids is 1. The molecule has 2 aromatic carbocycles. The van der Waals surface area contributed by atoms with Crippen LogP contribution in [0.1, 0.15) is 45.1 Å². The van der Waals surface area contributed by atoms with Gasteiger partial charge in [0.05, 0.1) is 34.6 Å². The summed E-state index contributed by atoms with van der Waals surface area (Å²) in [7, 11) is 2.90. The van der Waals surface area contributed by atoms with Gasteiger partial charge < -0.3 is 19.3 Å². The topological polar surface area (TPSA) is 80.6 Å². The number of ether oxygens (including phenoxy) is 3. The molecule has 1 N–H and O–H groups in total. The van der Waals surface area contributed by atoms with Gasteiger partial charge in [0.25, 0.3) is 0 Å². The van der Waals surface area contributed by atoms with Gasteiger partial charge in [0.2, 0.25) is 6.23 Å². The van der Waals surface area contributed by atoms with E-state index in [0.717, 1.165) is 19.9 Å². The number of hydrogen-bond acceptors (Lipinski definition) is 7. The first-order chi connectivity index (χ1) is 15.5. The summed E-state index contributed by atoms with van der Waals surface area (Å²) in [6.07, 6.45) is -0.0406. The lowest BCUT2D eigenvalue weighted by Gasteiger charge is -2.38. The number of halogens is 1. The van der Waals surface area contributed by atoms with Crippen molar-refractivity contribution in [3.05, 3.63) is 73.9 Å². The fourth-order valence-corrected chi connectivity index (χ4v) is 5.61. The molecule has 0 radical (unpaired) electrons. The van der Waals surface area contributed by atoms with E-state index in [-0.39, 0.29) is 17.4 Å². The maximum atomic E-state index is 12.3. The lowest BCUT2D eigenvalue weighted by atomic mass is 9.96. The molecule has 0 saturated heterocycles. The van der Waals surface area contributed by atoms with E-state index in [1.54, 1.807) is 23.5 Å². The molecule has 2 aliphatic heterocycles. The van der Waals surface area contributed by atoms with Gasteiger partial charge in [-0.3, -0.25) is 0 Å². The van der Waals surface area contributed by atoms with Gasteiger partial charge in [0.15, 0.2) is 11.5 Å². The highest BCUT2D eigenvalue weighted by Gasteiger charge is 2.43. The zero-order valence-corrected chi connectivity index (χ0v) is 19.6. The van der Waals surface area contributed by atoms with Gasteiger partial charge in [-0.1, -0.05) is 18.2 Å². The van der Waals surface area contributed by atoms with E-state index >= 15 is 0 Å². The van der Waals surface area contributed by atoms with Crippen LogP contribution in [0.25, 0.3) is 0 Å². The van der Waals surface area contributed by atoms with Crippen molar-refractivity contribution >= 4 is 38.9 Å². The van der Waals surface area contributed by atoms with Gasteiger partial charge >= 0.3 is 5.97 Å².